The molecule has 0 atom stereocenters. The Balaban J connectivity index is 2.05. The molecule has 88 valence electrons. The minimum Gasteiger partial charge on any atom is -0.243 e. The number of benzene rings is 2. The van der Waals surface area contributed by atoms with Crippen molar-refractivity contribution in [1.82, 2.24) is 9.97 Å². The molecule has 2 heterocycles. The first-order chi connectivity index (χ1) is 9.42. The molecule has 1 aliphatic carbocycles. The number of hydrogen-bond donors (Lipinski definition) is 0. The Morgan fingerprint density at radius 1 is 0.737 bits per heavy atom. The number of thiophene rings is 1. The lowest BCUT2D eigenvalue weighted by molar-refractivity contribution is 1.33. The first-order valence-electron chi connectivity index (χ1n) is 6.18. The zero-order valence-corrected chi connectivity index (χ0v) is 10.7. The van der Waals surface area contributed by atoms with Crippen molar-refractivity contribution in [2.45, 2.75) is 0 Å². The van der Waals surface area contributed by atoms with E-state index in [4.69, 9.17) is 9.97 Å². The molecule has 1 aliphatic rings. The predicted molar refractivity (Wildman–Crippen MR) is 79.4 cm³/mol. The van der Waals surface area contributed by atoms with Gasteiger partial charge in [-0.15, -0.1) is 11.3 Å². The van der Waals surface area contributed by atoms with Crippen LogP contribution in [0.15, 0.2) is 47.2 Å². The molecule has 0 spiro atoms. The maximum Gasteiger partial charge on any atom is 0.100 e. The quantitative estimate of drug-likeness (QED) is 0.410. The summed E-state index contributed by atoms with van der Waals surface area (Å²) in [6, 6.07) is 12.8. The number of hydrogen-bond acceptors (Lipinski definition) is 3. The number of aromatic nitrogens is 2. The van der Waals surface area contributed by atoms with Crippen LogP contribution >= 0.6 is 11.3 Å². The van der Waals surface area contributed by atoms with Crippen LogP contribution in [0, 0.1) is 0 Å². The fraction of sp³-hybridized carbons (Fsp3) is 0. The molecule has 0 saturated heterocycles. The number of rotatable bonds is 0. The Morgan fingerprint density at radius 2 is 1.32 bits per heavy atom. The summed E-state index contributed by atoms with van der Waals surface area (Å²) in [4.78, 5) is 9.61. The van der Waals surface area contributed by atoms with Crippen LogP contribution in [0.1, 0.15) is 0 Å². The Labute approximate surface area is 113 Å². The second-order valence-electron chi connectivity index (χ2n) is 4.77. The van der Waals surface area contributed by atoms with E-state index in [2.05, 4.69) is 47.2 Å². The van der Waals surface area contributed by atoms with Crippen LogP contribution in [-0.2, 0) is 0 Å². The molecule has 4 aromatic rings. The molecular formula is C16H8N2S. The molecule has 0 N–H and O–H groups in total. The lowest BCUT2D eigenvalue weighted by Gasteiger charge is -1.99. The topological polar surface area (TPSA) is 25.8 Å². The lowest BCUT2D eigenvalue weighted by atomic mass is 10.0. The summed E-state index contributed by atoms with van der Waals surface area (Å²) in [6.45, 7) is 0. The van der Waals surface area contributed by atoms with Gasteiger partial charge in [0, 0.05) is 27.3 Å². The standard InChI is InChI=1S/C16H8N2S/c1-3-9-4-2-6-11-14(9)10(5-1)15-16(11)18-13-8-19-7-12(13)17-15/h1-8H. The molecule has 0 radical (unpaired) electrons. The summed E-state index contributed by atoms with van der Waals surface area (Å²) in [6.07, 6.45) is 0. The van der Waals surface area contributed by atoms with Crippen molar-refractivity contribution >= 4 is 33.1 Å². The highest BCUT2D eigenvalue weighted by Gasteiger charge is 2.24. The maximum absolute atomic E-state index is 4.80. The predicted octanol–water partition coefficient (Wildman–Crippen LogP) is 4.49. The summed E-state index contributed by atoms with van der Waals surface area (Å²) >= 11 is 1.65. The average Bonchev–Trinajstić information content (AvgIpc) is 3.02. The van der Waals surface area contributed by atoms with Crippen LogP contribution in [0.2, 0.25) is 0 Å². The Morgan fingerprint density at radius 3 is 1.89 bits per heavy atom. The average molecular weight is 260 g/mol. The molecule has 19 heavy (non-hydrogen) atoms. The van der Waals surface area contributed by atoms with Crippen LogP contribution in [-0.4, -0.2) is 9.97 Å². The second kappa shape index (κ2) is 3.19. The van der Waals surface area contributed by atoms with Crippen LogP contribution in [0.3, 0.4) is 0 Å². The van der Waals surface area contributed by atoms with Crippen LogP contribution in [0.4, 0.5) is 0 Å². The van der Waals surface area contributed by atoms with Crippen molar-refractivity contribution in [1.29, 1.82) is 0 Å². The van der Waals surface area contributed by atoms with Gasteiger partial charge in [0.15, 0.2) is 0 Å². The molecule has 0 bridgehead atoms. The van der Waals surface area contributed by atoms with E-state index in [1.165, 1.54) is 21.9 Å². The minimum atomic E-state index is 0.994. The van der Waals surface area contributed by atoms with Crippen LogP contribution in [0.5, 0.6) is 0 Å². The van der Waals surface area contributed by atoms with Gasteiger partial charge < -0.3 is 0 Å². The summed E-state index contributed by atoms with van der Waals surface area (Å²) < 4.78 is 0. The molecule has 3 heteroatoms. The normalized spacial score (nSPS) is 12.2. The summed E-state index contributed by atoms with van der Waals surface area (Å²) in [7, 11) is 0. The van der Waals surface area contributed by atoms with Gasteiger partial charge in [-0.2, -0.15) is 0 Å². The molecule has 5 rings (SSSR count). The van der Waals surface area contributed by atoms with E-state index in [1.54, 1.807) is 11.3 Å². The maximum atomic E-state index is 4.80. The van der Waals surface area contributed by atoms with E-state index >= 15 is 0 Å². The third-order valence-corrected chi connectivity index (χ3v) is 4.44. The Bertz CT molecular complexity index is 896. The highest BCUT2D eigenvalue weighted by Crippen LogP contribution is 2.45. The van der Waals surface area contributed by atoms with Crippen molar-refractivity contribution in [3.63, 3.8) is 0 Å². The Kier molecular flexibility index (Phi) is 1.62. The summed E-state index contributed by atoms with van der Waals surface area (Å²) in [5.41, 5.74) is 6.46. The van der Waals surface area contributed by atoms with Crippen molar-refractivity contribution in [2.24, 2.45) is 0 Å². The summed E-state index contributed by atoms with van der Waals surface area (Å²) in [5.74, 6) is 0. The van der Waals surface area contributed by atoms with Crippen molar-refractivity contribution in [2.75, 3.05) is 0 Å². The lowest BCUT2D eigenvalue weighted by Crippen LogP contribution is -1.87. The van der Waals surface area contributed by atoms with Crippen LogP contribution < -0.4 is 0 Å². The van der Waals surface area contributed by atoms with Gasteiger partial charge in [0.1, 0.15) is 11.0 Å². The molecular weight excluding hydrogens is 252 g/mol. The van der Waals surface area contributed by atoms with Gasteiger partial charge in [0.2, 0.25) is 0 Å². The summed E-state index contributed by atoms with van der Waals surface area (Å²) in [5, 5.41) is 6.67. The third-order valence-electron chi connectivity index (χ3n) is 3.73. The fourth-order valence-corrected chi connectivity index (χ4v) is 3.58. The van der Waals surface area contributed by atoms with Gasteiger partial charge in [-0.1, -0.05) is 36.4 Å². The van der Waals surface area contributed by atoms with Crippen molar-refractivity contribution in [3.05, 3.63) is 47.2 Å². The molecule has 0 unspecified atom stereocenters. The van der Waals surface area contributed by atoms with Gasteiger partial charge in [-0.25, -0.2) is 9.97 Å². The highest BCUT2D eigenvalue weighted by atomic mass is 32.1. The van der Waals surface area contributed by atoms with E-state index < -0.39 is 0 Å². The molecule has 2 nitrogen and oxygen atoms in total. The fourth-order valence-electron chi connectivity index (χ4n) is 2.91. The van der Waals surface area contributed by atoms with E-state index in [1.807, 2.05) is 0 Å². The molecule has 2 aromatic heterocycles. The van der Waals surface area contributed by atoms with Gasteiger partial charge >= 0.3 is 0 Å². The van der Waals surface area contributed by atoms with E-state index in [0.29, 0.717) is 0 Å². The number of fused-ring (bicyclic) bond motifs is 4. The second-order valence-corrected chi connectivity index (χ2v) is 5.52. The Hall–Kier alpha value is -2.26. The van der Waals surface area contributed by atoms with Crippen molar-refractivity contribution < 1.29 is 0 Å². The third kappa shape index (κ3) is 1.11. The molecule has 0 amide bonds. The monoisotopic (exact) mass is 260 g/mol. The zero-order chi connectivity index (χ0) is 12.4. The van der Waals surface area contributed by atoms with E-state index in [9.17, 15) is 0 Å². The van der Waals surface area contributed by atoms with E-state index in [0.717, 1.165) is 22.4 Å². The zero-order valence-electron chi connectivity index (χ0n) is 9.92. The largest absolute Gasteiger partial charge is 0.243 e. The molecule has 0 saturated carbocycles. The van der Waals surface area contributed by atoms with Crippen LogP contribution in [0.25, 0.3) is 44.3 Å². The first-order valence-corrected chi connectivity index (χ1v) is 7.12. The smallest absolute Gasteiger partial charge is 0.100 e. The van der Waals surface area contributed by atoms with Gasteiger partial charge in [-0.05, 0) is 5.39 Å². The first kappa shape index (κ1) is 9.64. The molecule has 0 fully saturated rings. The number of nitrogens with zero attached hydrogens (tertiary/aromatic N) is 2. The molecule has 0 aliphatic heterocycles. The molecule has 2 aromatic carbocycles. The minimum absolute atomic E-state index is 0.994. The highest BCUT2D eigenvalue weighted by molar-refractivity contribution is 7.09. The van der Waals surface area contributed by atoms with E-state index in [-0.39, 0.29) is 0 Å². The van der Waals surface area contributed by atoms with Gasteiger partial charge in [0.25, 0.3) is 0 Å². The SMILES string of the molecule is c1cc2c3c(cccc3c1)-c1nc3cscc3nc1-2. The van der Waals surface area contributed by atoms with Gasteiger partial charge in [-0.3, -0.25) is 0 Å². The van der Waals surface area contributed by atoms with Gasteiger partial charge in [0.05, 0.1) is 11.4 Å². The van der Waals surface area contributed by atoms with Crippen molar-refractivity contribution in [3.8, 4) is 22.5 Å².